The summed E-state index contributed by atoms with van der Waals surface area (Å²) in [5.74, 6) is 1.81. The van der Waals surface area contributed by atoms with E-state index in [0.717, 1.165) is 42.1 Å². The maximum Gasteiger partial charge on any atom is 0.205 e. The number of nitrogens with zero attached hydrogens (tertiary/aromatic N) is 4. The quantitative estimate of drug-likeness (QED) is 0.369. The number of halogens is 2. The monoisotopic (exact) mass is 495 g/mol. The van der Waals surface area contributed by atoms with Gasteiger partial charge in [0.15, 0.2) is 0 Å². The number of ether oxygens (including phenoxy) is 1. The van der Waals surface area contributed by atoms with Crippen molar-refractivity contribution in [1.82, 2.24) is 25.5 Å². The van der Waals surface area contributed by atoms with Crippen molar-refractivity contribution in [3.63, 3.8) is 0 Å². The molecule has 0 unspecified atom stereocenters. The lowest BCUT2D eigenvalue weighted by Gasteiger charge is -2.39. The molecule has 0 spiro atoms. The van der Waals surface area contributed by atoms with E-state index in [9.17, 15) is 5.11 Å². The summed E-state index contributed by atoms with van der Waals surface area (Å²) in [5.41, 5.74) is 1.58. The number of hydrogen-bond acceptors (Lipinski definition) is 6. The molecule has 1 aliphatic rings. The molecule has 34 heavy (non-hydrogen) atoms. The molecule has 0 radical (unpaired) electrons. The molecule has 1 saturated heterocycles. The molecule has 4 aromatic rings. The molecule has 174 valence electrons. The number of aromatic nitrogens is 4. The van der Waals surface area contributed by atoms with E-state index in [1.54, 1.807) is 18.2 Å². The van der Waals surface area contributed by atoms with Gasteiger partial charge in [0.1, 0.15) is 11.5 Å². The predicted molar refractivity (Wildman–Crippen MR) is 131 cm³/mol. The van der Waals surface area contributed by atoms with Crippen LogP contribution in [0, 0.1) is 0 Å². The van der Waals surface area contributed by atoms with Crippen LogP contribution in [0.1, 0.15) is 24.0 Å². The van der Waals surface area contributed by atoms with Gasteiger partial charge < -0.3 is 9.84 Å². The highest BCUT2D eigenvalue weighted by Gasteiger charge is 2.36. The minimum atomic E-state index is -1.02. The zero-order chi connectivity index (χ0) is 23.5. The zero-order valence-electron chi connectivity index (χ0n) is 18.3. The first-order valence-corrected chi connectivity index (χ1v) is 11.8. The van der Waals surface area contributed by atoms with Crippen LogP contribution in [-0.4, -0.2) is 43.7 Å². The zero-order valence-corrected chi connectivity index (χ0v) is 19.8. The van der Waals surface area contributed by atoms with Crippen molar-refractivity contribution in [2.45, 2.75) is 25.0 Å². The standard InChI is InChI=1S/C25H23Cl2N5O2/c26-18-8-9-20(24-28-30-31-29-24)21(15-18)25(33)10-12-32(13-11-25)16-17-4-3-5-19(14-17)34-23-7-2-1-6-22(23)27/h1-9,14-15,33H,10-13,16H2,(H,28,29,30,31). The fourth-order valence-electron chi connectivity index (χ4n) is 4.34. The number of piperidine rings is 1. The van der Waals surface area contributed by atoms with E-state index in [1.165, 1.54) is 0 Å². The van der Waals surface area contributed by atoms with Gasteiger partial charge in [-0.15, -0.1) is 10.2 Å². The summed E-state index contributed by atoms with van der Waals surface area (Å²) in [6.45, 7) is 2.21. The number of nitrogens with one attached hydrogen (secondary N) is 1. The highest BCUT2D eigenvalue weighted by Crippen LogP contribution is 2.39. The van der Waals surface area contributed by atoms with Crippen LogP contribution >= 0.6 is 23.2 Å². The number of hydrogen-bond donors (Lipinski definition) is 2. The first-order chi connectivity index (χ1) is 16.5. The Hall–Kier alpha value is -2.97. The molecule has 9 heteroatoms. The lowest BCUT2D eigenvalue weighted by Crippen LogP contribution is -2.42. The Morgan fingerprint density at radius 2 is 1.82 bits per heavy atom. The summed E-state index contributed by atoms with van der Waals surface area (Å²) in [5, 5.41) is 27.0. The lowest BCUT2D eigenvalue weighted by atomic mass is 9.81. The first kappa shape index (κ1) is 22.8. The van der Waals surface area contributed by atoms with Crippen LogP contribution in [0.15, 0.2) is 66.7 Å². The van der Waals surface area contributed by atoms with Crippen molar-refractivity contribution in [3.8, 4) is 22.9 Å². The van der Waals surface area contributed by atoms with E-state index >= 15 is 0 Å². The summed E-state index contributed by atoms with van der Waals surface area (Å²) < 4.78 is 5.97. The summed E-state index contributed by atoms with van der Waals surface area (Å²) in [7, 11) is 0. The lowest BCUT2D eigenvalue weighted by molar-refractivity contribution is -0.0273. The first-order valence-electron chi connectivity index (χ1n) is 11.0. The van der Waals surface area contributed by atoms with Gasteiger partial charge in [-0.3, -0.25) is 4.90 Å². The number of aliphatic hydroxyl groups is 1. The maximum atomic E-state index is 11.6. The molecular formula is C25H23Cl2N5O2. The van der Waals surface area contributed by atoms with Crippen molar-refractivity contribution in [2.75, 3.05) is 13.1 Å². The highest BCUT2D eigenvalue weighted by atomic mass is 35.5. The fraction of sp³-hybridized carbons (Fsp3) is 0.240. The topological polar surface area (TPSA) is 87.2 Å². The van der Waals surface area contributed by atoms with Gasteiger partial charge in [0.2, 0.25) is 5.82 Å². The summed E-state index contributed by atoms with van der Waals surface area (Å²) in [6.07, 6.45) is 1.13. The van der Waals surface area contributed by atoms with E-state index in [-0.39, 0.29) is 0 Å². The van der Waals surface area contributed by atoms with Crippen molar-refractivity contribution < 1.29 is 9.84 Å². The summed E-state index contributed by atoms with van der Waals surface area (Å²) in [6, 6.07) is 20.8. The fourth-order valence-corrected chi connectivity index (χ4v) is 4.69. The second kappa shape index (κ2) is 9.72. The molecule has 5 rings (SSSR count). The van der Waals surface area contributed by atoms with E-state index in [2.05, 4.69) is 31.6 Å². The molecule has 1 aromatic heterocycles. The summed E-state index contributed by atoms with van der Waals surface area (Å²) >= 11 is 12.5. The van der Waals surface area contributed by atoms with E-state index < -0.39 is 5.60 Å². The van der Waals surface area contributed by atoms with Crippen molar-refractivity contribution in [3.05, 3.63) is 87.9 Å². The van der Waals surface area contributed by atoms with Gasteiger partial charge in [-0.25, -0.2) is 0 Å². The van der Waals surface area contributed by atoms with Crippen molar-refractivity contribution in [2.24, 2.45) is 0 Å². The molecule has 1 fully saturated rings. The van der Waals surface area contributed by atoms with E-state index in [4.69, 9.17) is 27.9 Å². The van der Waals surface area contributed by atoms with Crippen molar-refractivity contribution >= 4 is 23.2 Å². The molecule has 0 aliphatic carbocycles. The predicted octanol–water partition coefficient (Wildman–Crippen LogP) is 5.45. The molecule has 7 nitrogen and oxygen atoms in total. The Morgan fingerprint density at radius 1 is 1.00 bits per heavy atom. The van der Waals surface area contributed by atoms with Crippen LogP contribution in [0.3, 0.4) is 0 Å². The van der Waals surface area contributed by atoms with Crippen LogP contribution in [0.5, 0.6) is 11.5 Å². The minimum absolute atomic E-state index is 0.442. The third-order valence-electron chi connectivity index (χ3n) is 6.12. The van der Waals surface area contributed by atoms with Crippen LogP contribution in [0.4, 0.5) is 0 Å². The van der Waals surface area contributed by atoms with Gasteiger partial charge >= 0.3 is 0 Å². The normalized spacial score (nSPS) is 15.9. The van der Waals surface area contributed by atoms with Gasteiger partial charge in [0, 0.05) is 30.2 Å². The smallest absolute Gasteiger partial charge is 0.205 e. The largest absolute Gasteiger partial charge is 0.456 e. The number of benzene rings is 3. The molecule has 3 aromatic carbocycles. The van der Waals surface area contributed by atoms with Gasteiger partial charge in [0.25, 0.3) is 0 Å². The number of likely N-dealkylation sites (tertiary alicyclic amines) is 1. The molecule has 2 N–H and O–H groups in total. The number of H-pyrrole nitrogens is 1. The second-order valence-corrected chi connectivity index (χ2v) is 9.26. The van der Waals surface area contributed by atoms with Gasteiger partial charge in [0.05, 0.1) is 10.6 Å². The van der Waals surface area contributed by atoms with Crippen LogP contribution in [-0.2, 0) is 12.1 Å². The third kappa shape index (κ3) is 4.93. The number of para-hydroxylation sites is 1. The molecule has 0 bridgehead atoms. The number of rotatable bonds is 6. The highest BCUT2D eigenvalue weighted by molar-refractivity contribution is 6.32. The Kier molecular flexibility index (Phi) is 6.52. The molecule has 0 saturated carbocycles. The molecule has 2 heterocycles. The Morgan fingerprint density at radius 3 is 2.59 bits per heavy atom. The molecule has 0 atom stereocenters. The number of aromatic amines is 1. The Bertz CT molecular complexity index is 1270. The molecular weight excluding hydrogens is 473 g/mol. The average molecular weight is 496 g/mol. The Labute approximate surface area is 207 Å². The van der Waals surface area contributed by atoms with Gasteiger partial charge in [-0.1, -0.05) is 47.5 Å². The Balaban J connectivity index is 1.28. The summed E-state index contributed by atoms with van der Waals surface area (Å²) in [4.78, 5) is 2.32. The van der Waals surface area contributed by atoms with Crippen LogP contribution in [0.2, 0.25) is 10.0 Å². The average Bonchev–Trinajstić information content (AvgIpc) is 3.37. The van der Waals surface area contributed by atoms with Crippen LogP contribution in [0.25, 0.3) is 11.4 Å². The molecule has 1 aliphatic heterocycles. The van der Waals surface area contributed by atoms with E-state index in [1.807, 2.05) is 42.5 Å². The van der Waals surface area contributed by atoms with Crippen molar-refractivity contribution in [1.29, 1.82) is 0 Å². The SMILES string of the molecule is OC1(c2cc(Cl)ccc2-c2nn[nH]n2)CCN(Cc2cccc(Oc3ccccc3Cl)c2)CC1. The maximum absolute atomic E-state index is 11.6. The van der Waals surface area contributed by atoms with Gasteiger partial charge in [-0.2, -0.15) is 5.21 Å². The van der Waals surface area contributed by atoms with E-state index in [0.29, 0.717) is 34.5 Å². The molecule has 0 amide bonds. The second-order valence-electron chi connectivity index (χ2n) is 8.41. The minimum Gasteiger partial charge on any atom is -0.456 e. The van der Waals surface area contributed by atoms with Gasteiger partial charge in [-0.05, 0) is 71.6 Å². The number of tetrazole rings is 1. The third-order valence-corrected chi connectivity index (χ3v) is 6.67. The van der Waals surface area contributed by atoms with Crippen LogP contribution < -0.4 is 4.74 Å².